The smallest absolute Gasteiger partial charge is 0.330 e. The Balaban J connectivity index is 4.39. The second kappa shape index (κ2) is 4.48. The van der Waals surface area contributed by atoms with Crippen LogP contribution in [0.1, 0.15) is 6.92 Å². The molecule has 0 fully saturated rings. The molecule has 0 saturated carbocycles. The first-order valence-electron chi connectivity index (χ1n) is 3.06. The maximum absolute atomic E-state index is 11.8. The summed E-state index contributed by atoms with van der Waals surface area (Å²) in [4.78, 5) is 0. The molecule has 0 N–H and O–H groups in total. The number of rotatable bonds is 3. The van der Waals surface area contributed by atoms with Crippen LogP contribution in [0.3, 0.4) is 0 Å². The van der Waals surface area contributed by atoms with Crippen molar-refractivity contribution in [3.05, 3.63) is 0 Å². The first kappa shape index (κ1) is 11.5. The van der Waals surface area contributed by atoms with E-state index < -0.39 is 19.9 Å². The van der Waals surface area contributed by atoms with Crippen molar-refractivity contribution in [2.75, 3.05) is 6.61 Å². The van der Waals surface area contributed by atoms with Gasteiger partial charge >= 0.3 is 6.18 Å². The van der Waals surface area contributed by atoms with Gasteiger partial charge < -0.3 is 4.52 Å². The van der Waals surface area contributed by atoms with Gasteiger partial charge in [-0.3, -0.25) is 4.57 Å². The number of alkyl halides is 3. The van der Waals surface area contributed by atoms with Crippen LogP contribution in [0, 0.1) is 11.3 Å². The second-order valence-electron chi connectivity index (χ2n) is 1.86. The fraction of sp³-hybridized carbons (Fsp3) is 0.800. The van der Waals surface area contributed by atoms with Gasteiger partial charge in [-0.15, -0.1) is 0 Å². The lowest BCUT2D eigenvalue weighted by Gasteiger charge is -2.11. The summed E-state index contributed by atoms with van der Waals surface area (Å²) in [5, 5.41) is 8.03. The lowest BCUT2D eigenvalue weighted by molar-refractivity contribution is -0.121. The van der Waals surface area contributed by atoms with Crippen molar-refractivity contribution in [2.24, 2.45) is 0 Å². The highest BCUT2D eigenvalue weighted by Crippen LogP contribution is 2.39. The van der Waals surface area contributed by atoms with Gasteiger partial charge in [-0.2, -0.15) is 18.4 Å². The Labute approximate surface area is 68.0 Å². The van der Waals surface area contributed by atoms with Crippen molar-refractivity contribution in [3.8, 4) is 6.07 Å². The second-order valence-corrected chi connectivity index (χ2v) is 3.36. The normalized spacial score (nSPS) is 16.6. The number of nitrogens with zero attached hydrogens (tertiary/aromatic N) is 1. The molecule has 0 bridgehead atoms. The average molecular weight is 201 g/mol. The molecule has 0 amide bonds. The number of nitriles is 1. The zero-order chi connectivity index (χ0) is 9.78. The number of hydrogen-bond acceptors (Lipinski definition) is 3. The van der Waals surface area contributed by atoms with Crippen LogP contribution in [-0.2, 0) is 9.09 Å². The predicted molar refractivity (Wildman–Crippen MR) is 36.1 cm³/mol. The minimum atomic E-state index is -4.76. The van der Waals surface area contributed by atoms with Crippen molar-refractivity contribution in [2.45, 2.75) is 18.8 Å². The Morgan fingerprint density at radius 3 is 2.42 bits per heavy atom. The van der Waals surface area contributed by atoms with E-state index >= 15 is 0 Å². The van der Waals surface area contributed by atoms with E-state index in [-0.39, 0.29) is 6.61 Å². The summed E-state index contributed by atoms with van der Waals surface area (Å²) in [6.07, 6.45) is -4.76. The highest BCUT2D eigenvalue weighted by molar-refractivity contribution is 7.40. The lowest BCUT2D eigenvalue weighted by Crippen LogP contribution is -2.24. The van der Waals surface area contributed by atoms with Crippen LogP contribution in [0.4, 0.5) is 13.2 Å². The molecular weight excluding hydrogens is 194 g/mol. The zero-order valence-corrected chi connectivity index (χ0v) is 7.18. The van der Waals surface area contributed by atoms with Crippen molar-refractivity contribution in [3.63, 3.8) is 0 Å². The highest BCUT2D eigenvalue weighted by Gasteiger charge is 2.44. The van der Waals surface area contributed by atoms with Crippen molar-refractivity contribution >= 4 is 8.03 Å². The van der Waals surface area contributed by atoms with E-state index in [1.165, 1.54) is 6.92 Å². The van der Waals surface area contributed by atoms with Gasteiger partial charge in [-0.25, -0.2) is 0 Å². The molecule has 0 saturated heterocycles. The Kier molecular flexibility index (Phi) is 4.29. The highest BCUT2D eigenvalue weighted by atomic mass is 31.1. The zero-order valence-electron chi connectivity index (χ0n) is 6.18. The summed E-state index contributed by atoms with van der Waals surface area (Å²) in [7, 11) is -3.32. The maximum Gasteiger partial charge on any atom is 0.413 e. The summed E-state index contributed by atoms with van der Waals surface area (Å²) in [6.45, 7) is 1.32. The molecule has 0 spiro atoms. The van der Waals surface area contributed by atoms with Crippen molar-refractivity contribution in [1.29, 1.82) is 5.26 Å². The van der Waals surface area contributed by atoms with Gasteiger partial charge in [-0.05, 0) is 6.92 Å². The van der Waals surface area contributed by atoms with E-state index in [0.717, 1.165) is 6.07 Å². The molecule has 0 radical (unpaired) electrons. The summed E-state index contributed by atoms with van der Waals surface area (Å²) >= 11 is 0. The fourth-order valence-electron chi connectivity index (χ4n) is 0.485. The third-order valence-electron chi connectivity index (χ3n) is 0.979. The number of halogens is 3. The molecule has 0 aromatic carbocycles. The van der Waals surface area contributed by atoms with E-state index in [1.807, 2.05) is 0 Å². The minimum absolute atomic E-state index is 0.0912. The molecule has 70 valence electrons. The van der Waals surface area contributed by atoms with Crippen molar-refractivity contribution < 1.29 is 22.3 Å². The average Bonchev–Trinajstić information content (AvgIpc) is 1.85. The topological polar surface area (TPSA) is 50.1 Å². The van der Waals surface area contributed by atoms with Crippen LogP contribution in [-0.4, -0.2) is 18.4 Å². The molecule has 0 rings (SSSR count). The molecular formula is C5H7F3NO2P. The first-order valence-corrected chi connectivity index (χ1v) is 4.45. The van der Waals surface area contributed by atoms with Crippen LogP contribution < -0.4 is 0 Å². The summed E-state index contributed by atoms with van der Waals surface area (Å²) in [6, 6.07) is 0.909. The summed E-state index contributed by atoms with van der Waals surface area (Å²) < 4.78 is 50.3. The van der Waals surface area contributed by atoms with Crippen LogP contribution in [0.5, 0.6) is 0 Å². The van der Waals surface area contributed by atoms with Gasteiger partial charge in [0.15, 0.2) is 0 Å². The van der Waals surface area contributed by atoms with Crippen LogP contribution in [0.2, 0.25) is 0 Å². The molecule has 3 nitrogen and oxygen atoms in total. The SMILES string of the molecule is CCO[PH](=O)C(C#N)C(F)(F)F. The largest absolute Gasteiger partial charge is 0.413 e. The Morgan fingerprint density at radius 2 is 2.17 bits per heavy atom. The summed E-state index contributed by atoms with van der Waals surface area (Å²) in [5.74, 6) is 0. The molecule has 2 unspecified atom stereocenters. The standard InChI is InChI=1S/C5H7F3NO2P/c1-2-11-12(10)4(3-9)5(6,7)8/h4,12H,2H2,1H3. The van der Waals surface area contributed by atoms with Gasteiger partial charge in [0.05, 0.1) is 12.7 Å². The molecule has 0 aliphatic heterocycles. The third-order valence-corrected chi connectivity index (χ3v) is 2.48. The maximum atomic E-state index is 11.8. The molecule has 0 aliphatic rings. The predicted octanol–water partition coefficient (Wildman–Crippen LogP) is 1.95. The summed E-state index contributed by atoms with van der Waals surface area (Å²) in [5.41, 5.74) is -2.48. The van der Waals surface area contributed by atoms with E-state index in [2.05, 4.69) is 4.52 Å². The van der Waals surface area contributed by atoms with Crippen molar-refractivity contribution in [1.82, 2.24) is 0 Å². The Bertz CT molecular complexity index is 210. The quantitative estimate of drug-likeness (QED) is 0.655. The van der Waals surface area contributed by atoms with E-state index in [9.17, 15) is 17.7 Å². The fourth-order valence-corrected chi connectivity index (χ4v) is 1.31. The van der Waals surface area contributed by atoms with Gasteiger partial charge in [0, 0.05) is 0 Å². The molecule has 2 atom stereocenters. The van der Waals surface area contributed by atoms with Gasteiger partial charge in [0.2, 0.25) is 13.7 Å². The van der Waals surface area contributed by atoms with E-state index in [4.69, 9.17) is 5.26 Å². The van der Waals surface area contributed by atoms with Crippen LogP contribution >= 0.6 is 8.03 Å². The molecule has 0 aromatic rings. The van der Waals surface area contributed by atoms with Gasteiger partial charge in [-0.1, -0.05) is 0 Å². The van der Waals surface area contributed by atoms with E-state index in [1.54, 1.807) is 0 Å². The van der Waals surface area contributed by atoms with Crippen LogP contribution in [0.15, 0.2) is 0 Å². The molecule has 7 heteroatoms. The molecule has 0 aliphatic carbocycles. The molecule has 0 heterocycles. The molecule has 0 aromatic heterocycles. The number of hydrogen-bond donors (Lipinski definition) is 0. The van der Waals surface area contributed by atoms with Gasteiger partial charge in [0.25, 0.3) is 0 Å². The monoisotopic (exact) mass is 201 g/mol. The van der Waals surface area contributed by atoms with Gasteiger partial charge in [0.1, 0.15) is 0 Å². The Hall–Kier alpha value is -0.530. The van der Waals surface area contributed by atoms with E-state index in [0.29, 0.717) is 0 Å². The molecule has 12 heavy (non-hydrogen) atoms. The Morgan fingerprint density at radius 1 is 1.67 bits per heavy atom. The van der Waals surface area contributed by atoms with Crippen LogP contribution in [0.25, 0.3) is 0 Å². The third kappa shape index (κ3) is 3.24. The lowest BCUT2D eigenvalue weighted by atomic mass is 10.5. The minimum Gasteiger partial charge on any atom is -0.330 e. The first-order chi connectivity index (χ1) is 5.43.